The number of carbonyl (C=O) groups excluding carboxylic acids is 1. The first kappa shape index (κ1) is 22.5. The van der Waals surface area contributed by atoms with Crippen LogP contribution in [-0.2, 0) is 9.59 Å². The van der Waals surface area contributed by atoms with Crippen LogP contribution in [0.25, 0.3) is 0 Å². The van der Waals surface area contributed by atoms with E-state index < -0.39 is 15.3 Å². The Morgan fingerprint density at radius 3 is 2.36 bits per heavy atom. The number of carboxylic acids is 1. The van der Waals surface area contributed by atoms with Gasteiger partial charge in [-0.05, 0) is 29.0 Å². The average molecular weight is 471 g/mol. The predicted octanol–water partition coefficient (Wildman–Crippen LogP) is -2.57. The van der Waals surface area contributed by atoms with Crippen molar-refractivity contribution >= 4 is 34.5 Å². The number of halogens is 1. The summed E-state index contributed by atoms with van der Waals surface area (Å²) < 4.78 is -0.551. The number of hydrogen-bond donors (Lipinski definition) is 8. The Morgan fingerprint density at radius 1 is 1.08 bits per heavy atom. The third-order valence-electron chi connectivity index (χ3n) is 3.82. The van der Waals surface area contributed by atoms with Crippen LogP contribution in [0.1, 0.15) is 19.3 Å². The van der Waals surface area contributed by atoms with Gasteiger partial charge in [0.05, 0.1) is 0 Å². The van der Waals surface area contributed by atoms with Crippen molar-refractivity contribution in [3.63, 3.8) is 0 Å². The number of amides is 1. The van der Waals surface area contributed by atoms with Crippen molar-refractivity contribution in [3.8, 4) is 0 Å². The molecule has 1 fully saturated rings. The molecular weight excluding hydrogens is 441 g/mol. The minimum atomic E-state index is -0.908. The molecule has 0 bridgehead atoms. The number of carbonyl (C=O) groups is 2. The van der Waals surface area contributed by atoms with Crippen LogP contribution in [-0.4, -0.2) is 72.1 Å². The second kappa shape index (κ2) is 11.2. The van der Waals surface area contributed by atoms with Crippen molar-refractivity contribution in [1.82, 2.24) is 26.6 Å². The fourth-order valence-electron chi connectivity index (χ4n) is 2.46. The summed E-state index contributed by atoms with van der Waals surface area (Å²) in [6.45, 7) is 3.91. The molecule has 1 aliphatic rings. The molecule has 0 saturated carbocycles. The summed E-state index contributed by atoms with van der Waals surface area (Å²) in [7, 11) is 0. The zero-order valence-electron chi connectivity index (χ0n) is 14.4. The van der Waals surface area contributed by atoms with Crippen LogP contribution in [0.4, 0.5) is 0 Å². The topological polar surface area (TPSA) is 167 Å². The maximum atomic E-state index is 12.2. The lowest BCUT2D eigenvalue weighted by Gasteiger charge is -2.36. The zero-order valence-corrected chi connectivity index (χ0v) is 16.5. The molecule has 1 aliphatic heterocycles. The minimum absolute atomic E-state index is 0.0292. The van der Waals surface area contributed by atoms with Crippen LogP contribution < -0.4 is 38.1 Å². The van der Waals surface area contributed by atoms with Gasteiger partial charge in [-0.1, -0.05) is 0 Å². The van der Waals surface area contributed by atoms with Crippen molar-refractivity contribution < 1.29 is 14.7 Å². The number of carboxylic acid groups (broad SMARTS) is 1. The van der Waals surface area contributed by atoms with E-state index in [-0.39, 0.29) is 25.3 Å². The summed E-state index contributed by atoms with van der Waals surface area (Å²) in [5.74, 6) is -1.13. The molecule has 1 heterocycles. The van der Waals surface area contributed by atoms with Gasteiger partial charge in [-0.3, -0.25) is 20.2 Å². The molecule has 1 saturated heterocycles. The summed E-state index contributed by atoms with van der Waals surface area (Å²) in [4.78, 5) is 22.7. The molecule has 0 aliphatic carbocycles. The number of nitrogens with one attached hydrogen (secondary N) is 5. The number of hydrogen-bond acceptors (Lipinski definition) is 8. The quantitative estimate of drug-likeness (QED) is 0.118. The molecule has 0 aromatic heterocycles. The largest absolute Gasteiger partial charge is 0.481 e. The van der Waals surface area contributed by atoms with Gasteiger partial charge in [0.2, 0.25) is 5.91 Å². The third-order valence-corrected chi connectivity index (χ3v) is 4.58. The lowest BCUT2D eigenvalue weighted by atomic mass is 10.1. The number of nitrogens with two attached hydrogens (primary N) is 2. The number of rotatable bonds is 6. The van der Waals surface area contributed by atoms with Crippen molar-refractivity contribution in [2.75, 3.05) is 45.8 Å². The molecular formula is C14H30IN7O3. The van der Waals surface area contributed by atoms with E-state index in [1.54, 1.807) is 0 Å². The molecule has 11 heteroatoms. The van der Waals surface area contributed by atoms with Crippen molar-refractivity contribution in [2.45, 2.75) is 28.6 Å². The highest BCUT2D eigenvalue weighted by Gasteiger charge is 2.30. The zero-order chi connectivity index (χ0) is 18.8. The fourth-order valence-corrected chi connectivity index (χ4v) is 3.00. The monoisotopic (exact) mass is 471 g/mol. The second-order valence-electron chi connectivity index (χ2n) is 6.15. The Bertz CT molecular complexity index is 439. The van der Waals surface area contributed by atoms with Gasteiger partial charge in [-0.2, -0.15) is 0 Å². The molecule has 1 rings (SSSR count). The highest BCUT2D eigenvalue weighted by Crippen LogP contribution is 2.05. The van der Waals surface area contributed by atoms with Crippen LogP contribution in [0.3, 0.4) is 0 Å². The minimum Gasteiger partial charge on any atom is -0.481 e. The fraction of sp³-hybridized carbons (Fsp3) is 0.857. The Kier molecular flexibility index (Phi) is 10.1. The van der Waals surface area contributed by atoms with Crippen LogP contribution >= 0.6 is 22.6 Å². The first-order chi connectivity index (χ1) is 11.8. The Morgan fingerprint density at radius 2 is 1.72 bits per heavy atom. The van der Waals surface area contributed by atoms with E-state index in [0.29, 0.717) is 39.1 Å². The van der Waals surface area contributed by atoms with Gasteiger partial charge in [0, 0.05) is 58.7 Å². The highest BCUT2D eigenvalue weighted by atomic mass is 127. The molecule has 2 atom stereocenters. The molecule has 0 aromatic carbocycles. The molecule has 10 N–H and O–H groups in total. The van der Waals surface area contributed by atoms with Gasteiger partial charge < -0.3 is 32.5 Å². The molecule has 25 heavy (non-hydrogen) atoms. The maximum absolute atomic E-state index is 12.2. The lowest BCUT2D eigenvalue weighted by Crippen LogP contribution is -2.69. The first-order valence-corrected chi connectivity index (χ1v) is 9.49. The van der Waals surface area contributed by atoms with E-state index in [2.05, 4.69) is 49.2 Å². The molecule has 0 radical (unpaired) electrons. The summed E-state index contributed by atoms with van der Waals surface area (Å²) in [6, 6.07) is 0. The standard InChI is InChI=1S/C14H30IN7O3/c15-14(17)10-19-5-4-18-9-13(8-16,20-6-7-21-14)22-11(23)2-1-3-12(24)25/h18-21H,1-10,16-17H2,(H,22,23)(H,24,25)/t13-,14+/m1/s1. The van der Waals surface area contributed by atoms with E-state index in [9.17, 15) is 9.59 Å². The van der Waals surface area contributed by atoms with E-state index in [1.807, 2.05) is 0 Å². The summed E-state index contributed by atoms with van der Waals surface area (Å²) in [5.41, 5.74) is 11.3. The lowest BCUT2D eigenvalue weighted by molar-refractivity contribution is -0.137. The van der Waals surface area contributed by atoms with Crippen LogP contribution in [0, 0.1) is 0 Å². The predicted molar refractivity (Wildman–Crippen MR) is 104 cm³/mol. The van der Waals surface area contributed by atoms with Crippen LogP contribution in [0.15, 0.2) is 0 Å². The van der Waals surface area contributed by atoms with Gasteiger partial charge in [-0.25, -0.2) is 0 Å². The normalized spacial score (nSPS) is 29.2. The molecule has 0 aromatic rings. The highest BCUT2D eigenvalue weighted by molar-refractivity contribution is 14.1. The van der Waals surface area contributed by atoms with Crippen molar-refractivity contribution in [2.24, 2.45) is 11.5 Å². The van der Waals surface area contributed by atoms with Crippen molar-refractivity contribution in [3.05, 3.63) is 0 Å². The maximum Gasteiger partial charge on any atom is 0.303 e. The van der Waals surface area contributed by atoms with Gasteiger partial charge in [0.25, 0.3) is 0 Å². The average Bonchev–Trinajstić information content (AvgIpc) is 2.53. The van der Waals surface area contributed by atoms with E-state index in [1.165, 1.54) is 0 Å². The number of alkyl halides is 1. The molecule has 0 spiro atoms. The Hall–Kier alpha value is -0.570. The summed E-state index contributed by atoms with van der Waals surface area (Å²) in [6.07, 6.45) is 0.416. The first-order valence-electron chi connectivity index (χ1n) is 8.41. The summed E-state index contributed by atoms with van der Waals surface area (Å²) in [5, 5.41) is 24.7. The van der Waals surface area contributed by atoms with Gasteiger partial charge in [-0.15, -0.1) is 0 Å². The van der Waals surface area contributed by atoms with Gasteiger partial charge in [0.15, 0.2) is 0 Å². The van der Waals surface area contributed by atoms with Crippen LogP contribution in [0.2, 0.25) is 0 Å². The SMILES string of the molecule is NC[C@@]1(NC(=O)CCCC(=O)O)CNCCNC[C@@](N)(I)NCCN1. The number of aliphatic carboxylic acids is 1. The molecule has 146 valence electrons. The second-order valence-corrected chi connectivity index (χ2v) is 8.08. The molecule has 0 unspecified atom stereocenters. The van der Waals surface area contributed by atoms with Gasteiger partial charge >= 0.3 is 5.97 Å². The molecule has 10 nitrogen and oxygen atoms in total. The van der Waals surface area contributed by atoms with Crippen molar-refractivity contribution in [1.29, 1.82) is 0 Å². The molecule has 1 amide bonds. The Balaban J connectivity index is 2.61. The summed E-state index contributed by atoms with van der Waals surface area (Å²) >= 11 is 2.16. The third kappa shape index (κ3) is 9.63. The van der Waals surface area contributed by atoms with E-state index in [4.69, 9.17) is 16.6 Å². The van der Waals surface area contributed by atoms with Crippen LogP contribution in [0.5, 0.6) is 0 Å². The smallest absolute Gasteiger partial charge is 0.303 e. The van der Waals surface area contributed by atoms with Gasteiger partial charge in [0.1, 0.15) is 9.33 Å². The van der Waals surface area contributed by atoms with E-state index >= 15 is 0 Å². The van der Waals surface area contributed by atoms with E-state index in [0.717, 1.165) is 6.54 Å². The Labute approximate surface area is 161 Å².